The molecule has 0 unspecified atom stereocenters. The molecule has 1 aromatic carbocycles. The number of halogens is 1. The van der Waals surface area contributed by atoms with E-state index in [1.165, 1.54) is 12.1 Å². The van der Waals surface area contributed by atoms with Gasteiger partial charge >= 0.3 is 11.7 Å². The third-order valence-corrected chi connectivity index (χ3v) is 2.72. The van der Waals surface area contributed by atoms with Gasteiger partial charge in [0.05, 0.1) is 11.5 Å². The van der Waals surface area contributed by atoms with Gasteiger partial charge in [0.1, 0.15) is 0 Å². The first-order valence-electron chi connectivity index (χ1n) is 5.77. The van der Waals surface area contributed by atoms with E-state index in [0.29, 0.717) is 11.1 Å². The van der Waals surface area contributed by atoms with Crippen molar-refractivity contribution in [2.24, 2.45) is 0 Å². The van der Waals surface area contributed by atoms with Crippen LogP contribution < -0.4 is 4.74 Å². The highest BCUT2D eigenvalue weighted by atomic mass is 79.9. The zero-order chi connectivity index (χ0) is 14.3. The number of unbranched alkanes of at least 4 members (excludes halogenated alkanes) is 1. The van der Waals surface area contributed by atoms with Gasteiger partial charge in [0.15, 0.2) is 12.4 Å². The van der Waals surface area contributed by atoms with Crippen LogP contribution in [0.2, 0.25) is 0 Å². The standard InChI is InChI=1S/C12H14BrNO5/c1-2-3-6-18-12(15)8-19-11-5-4-9(13)7-10(11)14(16)17/h4-5,7H,2-3,6,8H2,1H3. The smallest absolute Gasteiger partial charge is 0.344 e. The predicted molar refractivity (Wildman–Crippen MR) is 72.2 cm³/mol. The van der Waals surface area contributed by atoms with Crippen molar-refractivity contribution < 1.29 is 19.2 Å². The summed E-state index contributed by atoms with van der Waals surface area (Å²) in [6.45, 7) is 1.98. The Hall–Kier alpha value is -1.63. The fourth-order valence-electron chi connectivity index (χ4n) is 1.26. The van der Waals surface area contributed by atoms with Crippen LogP contribution >= 0.6 is 15.9 Å². The van der Waals surface area contributed by atoms with Crippen molar-refractivity contribution in [3.63, 3.8) is 0 Å². The lowest BCUT2D eigenvalue weighted by molar-refractivity contribution is -0.385. The Morgan fingerprint density at radius 1 is 1.47 bits per heavy atom. The molecule has 0 heterocycles. The maximum Gasteiger partial charge on any atom is 0.344 e. The summed E-state index contributed by atoms with van der Waals surface area (Å²) in [6, 6.07) is 4.35. The molecule has 19 heavy (non-hydrogen) atoms. The molecule has 0 fully saturated rings. The SMILES string of the molecule is CCCCOC(=O)COc1ccc(Br)cc1[N+](=O)[O-]. The Bertz CT molecular complexity index is 463. The summed E-state index contributed by atoms with van der Waals surface area (Å²) in [7, 11) is 0. The number of carbonyl (C=O) groups is 1. The average Bonchev–Trinajstić information content (AvgIpc) is 2.37. The van der Waals surface area contributed by atoms with Crippen LogP contribution in [0.1, 0.15) is 19.8 Å². The van der Waals surface area contributed by atoms with E-state index in [1.807, 2.05) is 6.92 Å². The van der Waals surface area contributed by atoms with E-state index in [9.17, 15) is 14.9 Å². The van der Waals surface area contributed by atoms with Crippen LogP contribution in [0.3, 0.4) is 0 Å². The molecule has 0 N–H and O–H groups in total. The molecule has 0 radical (unpaired) electrons. The van der Waals surface area contributed by atoms with E-state index in [-0.39, 0.29) is 18.0 Å². The Morgan fingerprint density at radius 2 is 2.21 bits per heavy atom. The molecule has 104 valence electrons. The van der Waals surface area contributed by atoms with Gasteiger partial charge in [-0.1, -0.05) is 29.3 Å². The Balaban J connectivity index is 2.57. The Labute approximate surface area is 119 Å². The van der Waals surface area contributed by atoms with Gasteiger partial charge in [0.2, 0.25) is 0 Å². The number of ether oxygens (including phenoxy) is 2. The first-order valence-corrected chi connectivity index (χ1v) is 6.56. The predicted octanol–water partition coefficient (Wildman–Crippen LogP) is 3.08. The van der Waals surface area contributed by atoms with E-state index in [4.69, 9.17) is 9.47 Å². The highest BCUT2D eigenvalue weighted by Gasteiger charge is 2.16. The highest BCUT2D eigenvalue weighted by Crippen LogP contribution is 2.29. The number of benzene rings is 1. The first-order chi connectivity index (χ1) is 9.04. The summed E-state index contributed by atoms with van der Waals surface area (Å²) >= 11 is 3.14. The average molecular weight is 332 g/mol. The summed E-state index contributed by atoms with van der Waals surface area (Å²) in [5, 5.41) is 10.8. The summed E-state index contributed by atoms with van der Waals surface area (Å²) in [5.74, 6) is -0.494. The van der Waals surface area contributed by atoms with Crippen LogP contribution in [0.25, 0.3) is 0 Å². The zero-order valence-electron chi connectivity index (χ0n) is 10.4. The van der Waals surface area contributed by atoms with E-state index < -0.39 is 10.9 Å². The van der Waals surface area contributed by atoms with Crippen molar-refractivity contribution >= 4 is 27.6 Å². The van der Waals surface area contributed by atoms with Crippen LogP contribution in [0.15, 0.2) is 22.7 Å². The third-order valence-electron chi connectivity index (χ3n) is 2.22. The number of nitro benzene ring substituents is 1. The van der Waals surface area contributed by atoms with E-state index in [1.54, 1.807) is 6.07 Å². The van der Waals surface area contributed by atoms with Crippen molar-refractivity contribution in [1.29, 1.82) is 0 Å². The summed E-state index contributed by atoms with van der Waals surface area (Å²) in [6.07, 6.45) is 1.70. The number of esters is 1. The molecular formula is C12H14BrNO5. The van der Waals surface area contributed by atoms with Gasteiger partial charge < -0.3 is 9.47 Å². The number of carbonyl (C=O) groups excluding carboxylic acids is 1. The van der Waals surface area contributed by atoms with Crippen molar-refractivity contribution in [2.45, 2.75) is 19.8 Å². The lowest BCUT2D eigenvalue weighted by Crippen LogP contribution is -2.15. The van der Waals surface area contributed by atoms with Crippen LogP contribution in [0, 0.1) is 10.1 Å². The lowest BCUT2D eigenvalue weighted by atomic mass is 10.3. The monoisotopic (exact) mass is 331 g/mol. The largest absolute Gasteiger partial charge is 0.475 e. The van der Waals surface area contributed by atoms with Crippen molar-refractivity contribution in [3.05, 3.63) is 32.8 Å². The quantitative estimate of drug-likeness (QED) is 0.332. The first kappa shape index (κ1) is 15.4. The Morgan fingerprint density at radius 3 is 2.84 bits per heavy atom. The topological polar surface area (TPSA) is 78.7 Å². The molecule has 0 saturated heterocycles. The van der Waals surface area contributed by atoms with Gasteiger partial charge in [0, 0.05) is 10.5 Å². The zero-order valence-corrected chi connectivity index (χ0v) is 12.0. The second kappa shape index (κ2) is 7.73. The summed E-state index contributed by atoms with van der Waals surface area (Å²) in [4.78, 5) is 21.6. The number of hydrogen-bond acceptors (Lipinski definition) is 5. The second-order valence-corrected chi connectivity index (χ2v) is 4.65. The second-order valence-electron chi connectivity index (χ2n) is 3.73. The summed E-state index contributed by atoms with van der Waals surface area (Å²) < 4.78 is 10.6. The van der Waals surface area contributed by atoms with Gasteiger partial charge in [-0.15, -0.1) is 0 Å². The summed E-state index contributed by atoms with van der Waals surface area (Å²) in [5.41, 5.74) is -0.198. The molecule has 0 aliphatic rings. The van der Waals surface area contributed by atoms with Crippen molar-refractivity contribution in [3.8, 4) is 5.75 Å². The third kappa shape index (κ3) is 5.25. The minimum atomic E-state index is -0.567. The highest BCUT2D eigenvalue weighted by molar-refractivity contribution is 9.10. The molecule has 0 aliphatic heterocycles. The van der Waals surface area contributed by atoms with E-state index >= 15 is 0 Å². The van der Waals surface area contributed by atoms with Gasteiger partial charge in [-0.05, 0) is 18.6 Å². The molecule has 0 atom stereocenters. The molecule has 0 bridgehead atoms. The molecule has 6 nitrogen and oxygen atoms in total. The molecule has 1 rings (SSSR count). The maximum absolute atomic E-state index is 11.3. The molecule has 0 aromatic heterocycles. The van der Waals surface area contributed by atoms with E-state index in [0.717, 1.165) is 12.8 Å². The Kier molecular flexibility index (Phi) is 6.27. The molecule has 0 spiro atoms. The molecule has 0 amide bonds. The van der Waals surface area contributed by atoms with Crippen LogP contribution in [-0.2, 0) is 9.53 Å². The number of nitro groups is 1. The molecule has 7 heteroatoms. The normalized spacial score (nSPS) is 10.0. The van der Waals surface area contributed by atoms with Gasteiger partial charge in [-0.25, -0.2) is 4.79 Å². The minimum Gasteiger partial charge on any atom is -0.475 e. The van der Waals surface area contributed by atoms with Crippen LogP contribution in [-0.4, -0.2) is 24.1 Å². The number of hydrogen-bond donors (Lipinski definition) is 0. The molecular weight excluding hydrogens is 318 g/mol. The van der Waals surface area contributed by atoms with E-state index in [2.05, 4.69) is 15.9 Å². The fraction of sp³-hybridized carbons (Fsp3) is 0.417. The number of nitrogens with zero attached hydrogens (tertiary/aromatic N) is 1. The lowest BCUT2D eigenvalue weighted by Gasteiger charge is -2.07. The number of rotatable bonds is 7. The molecule has 0 aliphatic carbocycles. The molecule has 1 aromatic rings. The van der Waals surface area contributed by atoms with Gasteiger partial charge in [-0.2, -0.15) is 0 Å². The van der Waals surface area contributed by atoms with Gasteiger partial charge in [0.25, 0.3) is 0 Å². The van der Waals surface area contributed by atoms with Crippen LogP contribution in [0.5, 0.6) is 5.75 Å². The minimum absolute atomic E-state index is 0.0423. The van der Waals surface area contributed by atoms with Gasteiger partial charge in [-0.3, -0.25) is 10.1 Å². The molecule has 0 saturated carbocycles. The fourth-order valence-corrected chi connectivity index (χ4v) is 1.61. The van der Waals surface area contributed by atoms with Crippen molar-refractivity contribution in [2.75, 3.05) is 13.2 Å². The van der Waals surface area contributed by atoms with Crippen LogP contribution in [0.4, 0.5) is 5.69 Å². The van der Waals surface area contributed by atoms with Crippen molar-refractivity contribution in [1.82, 2.24) is 0 Å². The maximum atomic E-state index is 11.3.